The van der Waals surface area contributed by atoms with E-state index in [1.54, 1.807) is 13.0 Å². The number of nitrogens with two attached hydrogens (primary N) is 1. The molecule has 2 rings (SSSR count). The molecule has 112 valence electrons. The molecule has 21 heavy (non-hydrogen) atoms. The minimum absolute atomic E-state index is 0.181. The van der Waals surface area contributed by atoms with Crippen LogP contribution in [0.1, 0.15) is 17.1 Å². The Morgan fingerprint density at radius 2 is 2.05 bits per heavy atom. The van der Waals surface area contributed by atoms with E-state index in [4.69, 9.17) is 5.84 Å². The maximum absolute atomic E-state index is 12.6. The van der Waals surface area contributed by atoms with Crippen molar-refractivity contribution in [3.05, 3.63) is 51.8 Å². The molecule has 6 nitrogen and oxygen atoms in total. The second kappa shape index (κ2) is 5.52. The first-order chi connectivity index (χ1) is 9.79. The fourth-order valence-corrected chi connectivity index (χ4v) is 1.75. The van der Waals surface area contributed by atoms with Gasteiger partial charge in [0.2, 0.25) is 0 Å². The second-order valence-corrected chi connectivity index (χ2v) is 4.34. The Bertz CT molecular complexity index is 711. The Labute approximate surface area is 117 Å². The van der Waals surface area contributed by atoms with Crippen LogP contribution in [0.3, 0.4) is 0 Å². The first kappa shape index (κ1) is 15.0. The summed E-state index contributed by atoms with van der Waals surface area (Å²) in [7, 11) is 0. The molecule has 0 atom stereocenters. The Balaban J connectivity index is 2.39. The molecule has 0 aliphatic rings. The van der Waals surface area contributed by atoms with Crippen molar-refractivity contribution in [1.29, 1.82) is 0 Å². The van der Waals surface area contributed by atoms with Gasteiger partial charge in [-0.15, -0.1) is 0 Å². The number of alkyl halides is 3. The summed E-state index contributed by atoms with van der Waals surface area (Å²) in [6.45, 7) is 1.50. The molecule has 0 aliphatic heterocycles. The van der Waals surface area contributed by atoms with Crippen molar-refractivity contribution < 1.29 is 13.2 Å². The van der Waals surface area contributed by atoms with Gasteiger partial charge in [-0.05, 0) is 13.0 Å². The lowest BCUT2D eigenvalue weighted by atomic mass is 10.2. The zero-order chi connectivity index (χ0) is 15.6. The van der Waals surface area contributed by atoms with E-state index in [1.165, 1.54) is 0 Å². The van der Waals surface area contributed by atoms with Gasteiger partial charge in [-0.25, -0.2) is 15.8 Å². The molecule has 0 saturated heterocycles. The number of aromatic nitrogens is 3. The van der Waals surface area contributed by atoms with Crippen LogP contribution in [-0.2, 0) is 12.7 Å². The van der Waals surface area contributed by atoms with Crippen molar-refractivity contribution in [2.75, 3.05) is 5.43 Å². The van der Waals surface area contributed by atoms with Crippen molar-refractivity contribution in [3.8, 4) is 0 Å². The number of nitrogen functional groups attached to an aromatic ring is 1. The number of aryl methyl sites for hydroxylation is 1. The highest BCUT2D eigenvalue weighted by atomic mass is 19.4. The lowest BCUT2D eigenvalue weighted by molar-refractivity contribution is -0.138. The molecule has 2 heterocycles. The highest BCUT2D eigenvalue weighted by molar-refractivity contribution is 5.34. The monoisotopic (exact) mass is 299 g/mol. The zero-order valence-corrected chi connectivity index (χ0v) is 11.0. The normalized spacial score (nSPS) is 11.5. The number of hydrogen-bond donors (Lipinski definition) is 2. The first-order valence-corrected chi connectivity index (χ1v) is 5.88. The molecule has 0 bridgehead atoms. The lowest BCUT2D eigenvalue weighted by Crippen LogP contribution is -2.23. The minimum Gasteiger partial charge on any atom is -0.308 e. The van der Waals surface area contributed by atoms with Gasteiger partial charge in [-0.3, -0.25) is 4.79 Å². The van der Waals surface area contributed by atoms with Crippen molar-refractivity contribution in [2.24, 2.45) is 5.84 Å². The van der Waals surface area contributed by atoms with Crippen LogP contribution in [0.2, 0.25) is 0 Å². The van der Waals surface area contributed by atoms with Crippen molar-refractivity contribution >= 4 is 5.82 Å². The molecule has 3 N–H and O–H groups in total. The first-order valence-electron chi connectivity index (χ1n) is 5.88. The van der Waals surface area contributed by atoms with Gasteiger partial charge in [0, 0.05) is 24.0 Å². The quantitative estimate of drug-likeness (QED) is 0.659. The molecule has 0 aliphatic carbocycles. The molecule has 0 aromatic carbocycles. The van der Waals surface area contributed by atoms with Crippen LogP contribution in [0.4, 0.5) is 19.0 Å². The third kappa shape index (κ3) is 3.57. The maximum Gasteiger partial charge on any atom is 0.417 e. The van der Waals surface area contributed by atoms with Gasteiger partial charge >= 0.3 is 6.18 Å². The largest absolute Gasteiger partial charge is 0.417 e. The molecule has 9 heteroatoms. The topological polar surface area (TPSA) is 85.8 Å². The Morgan fingerprint density at radius 3 is 2.67 bits per heavy atom. The molecular formula is C12H12F3N5O. The lowest BCUT2D eigenvalue weighted by Gasteiger charge is -2.11. The fourth-order valence-electron chi connectivity index (χ4n) is 1.75. The fraction of sp³-hybridized carbons (Fsp3) is 0.250. The molecule has 0 amide bonds. The third-order valence-electron chi connectivity index (χ3n) is 2.67. The maximum atomic E-state index is 12.6. The number of pyridine rings is 1. The second-order valence-electron chi connectivity index (χ2n) is 4.34. The summed E-state index contributed by atoms with van der Waals surface area (Å²) in [5.74, 6) is 5.74. The van der Waals surface area contributed by atoms with Crippen LogP contribution < -0.4 is 16.8 Å². The van der Waals surface area contributed by atoms with Gasteiger partial charge in [-0.1, -0.05) is 0 Å². The van der Waals surface area contributed by atoms with Gasteiger partial charge < -0.3 is 9.99 Å². The van der Waals surface area contributed by atoms with Gasteiger partial charge in [0.25, 0.3) is 5.56 Å². The van der Waals surface area contributed by atoms with E-state index in [9.17, 15) is 18.0 Å². The van der Waals surface area contributed by atoms with Crippen molar-refractivity contribution in [3.63, 3.8) is 0 Å². The van der Waals surface area contributed by atoms with Crippen molar-refractivity contribution in [1.82, 2.24) is 14.5 Å². The zero-order valence-electron chi connectivity index (χ0n) is 11.0. The van der Waals surface area contributed by atoms with Crippen LogP contribution in [0.25, 0.3) is 0 Å². The van der Waals surface area contributed by atoms with E-state index in [0.717, 1.165) is 22.9 Å². The molecule has 0 fully saturated rings. The summed E-state index contributed by atoms with van der Waals surface area (Å²) in [5, 5.41) is 0. The molecule has 0 saturated carbocycles. The SMILES string of the molecule is Cc1cc(NN)nc(Cn2cc(C(F)(F)F)ccc2=O)n1. The van der Waals surface area contributed by atoms with Gasteiger partial charge in [-0.2, -0.15) is 13.2 Å². The summed E-state index contributed by atoms with van der Waals surface area (Å²) >= 11 is 0. The average molecular weight is 299 g/mol. The van der Waals surface area contributed by atoms with E-state index in [1.807, 2.05) is 0 Å². The molecular weight excluding hydrogens is 287 g/mol. The number of halogens is 3. The van der Waals surface area contributed by atoms with Crippen LogP contribution >= 0.6 is 0 Å². The van der Waals surface area contributed by atoms with Crippen LogP contribution in [0, 0.1) is 6.92 Å². The number of hydrazine groups is 1. The number of nitrogens with zero attached hydrogens (tertiary/aromatic N) is 3. The highest BCUT2D eigenvalue weighted by Crippen LogP contribution is 2.28. The third-order valence-corrected chi connectivity index (χ3v) is 2.67. The Hall–Kier alpha value is -2.42. The summed E-state index contributed by atoms with van der Waals surface area (Å²) < 4.78 is 38.8. The van der Waals surface area contributed by atoms with Crippen LogP contribution in [0.15, 0.2) is 29.2 Å². The van der Waals surface area contributed by atoms with Gasteiger partial charge in [0.05, 0.1) is 12.1 Å². The number of anilines is 1. The Morgan fingerprint density at radius 1 is 1.33 bits per heavy atom. The van der Waals surface area contributed by atoms with Gasteiger partial charge in [0.1, 0.15) is 5.82 Å². The smallest absolute Gasteiger partial charge is 0.308 e. The minimum atomic E-state index is -4.52. The molecule has 0 radical (unpaired) electrons. The molecule has 0 spiro atoms. The van der Waals surface area contributed by atoms with E-state index >= 15 is 0 Å². The number of nitrogens with one attached hydrogen (secondary N) is 1. The Kier molecular flexibility index (Phi) is 3.94. The summed E-state index contributed by atoms with van der Waals surface area (Å²) in [5.41, 5.74) is 1.42. The standard InChI is InChI=1S/C12H12F3N5O/c1-7-4-9(19-16)18-10(17-7)6-20-5-8(12(13,14)15)2-3-11(20)21/h2-5H,6,16H2,1H3,(H,17,18,19). The van der Waals surface area contributed by atoms with E-state index in [2.05, 4.69) is 15.4 Å². The van der Waals surface area contributed by atoms with Crippen molar-refractivity contribution in [2.45, 2.75) is 19.6 Å². The predicted molar refractivity (Wildman–Crippen MR) is 69.4 cm³/mol. The summed E-state index contributed by atoms with van der Waals surface area (Å²) in [6.07, 6.45) is -3.78. The van der Waals surface area contributed by atoms with E-state index in [0.29, 0.717) is 11.5 Å². The van der Waals surface area contributed by atoms with E-state index < -0.39 is 17.3 Å². The number of hydrogen-bond acceptors (Lipinski definition) is 5. The highest BCUT2D eigenvalue weighted by Gasteiger charge is 2.31. The van der Waals surface area contributed by atoms with E-state index in [-0.39, 0.29) is 12.4 Å². The molecule has 2 aromatic heterocycles. The van der Waals surface area contributed by atoms with Gasteiger partial charge in [0.15, 0.2) is 5.82 Å². The molecule has 0 unspecified atom stereocenters. The summed E-state index contributed by atoms with van der Waals surface area (Å²) in [6, 6.07) is 3.17. The van der Waals surface area contributed by atoms with Crippen LogP contribution in [0.5, 0.6) is 0 Å². The molecule has 2 aromatic rings. The average Bonchev–Trinajstić information content (AvgIpc) is 2.39. The summed E-state index contributed by atoms with van der Waals surface area (Å²) in [4.78, 5) is 19.7. The number of rotatable bonds is 3. The van der Waals surface area contributed by atoms with Crippen LogP contribution in [-0.4, -0.2) is 14.5 Å². The predicted octanol–water partition coefficient (Wildman–Crippen LogP) is 1.30.